The second-order valence-corrected chi connectivity index (χ2v) is 4.47. The molecular weight excluding hydrogens is 266 g/mol. The van der Waals surface area contributed by atoms with Crippen molar-refractivity contribution in [1.29, 1.82) is 5.41 Å². The molecule has 0 saturated heterocycles. The first-order chi connectivity index (χ1) is 10.1. The van der Waals surface area contributed by atoms with Gasteiger partial charge in [-0.2, -0.15) is 0 Å². The van der Waals surface area contributed by atoms with Crippen molar-refractivity contribution in [3.05, 3.63) is 48.5 Å². The van der Waals surface area contributed by atoms with E-state index >= 15 is 0 Å². The number of benzene rings is 2. The lowest BCUT2D eigenvalue weighted by Crippen LogP contribution is -2.22. The van der Waals surface area contributed by atoms with Crippen LogP contribution in [-0.4, -0.2) is 21.0 Å². The summed E-state index contributed by atoms with van der Waals surface area (Å²) in [5.41, 5.74) is 7.34. The maximum absolute atomic E-state index is 10.1. The number of rotatable bonds is 2. The highest BCUT2D eigenvalue weighted by Gasteiger charge is 2.13. The molecule has 0 atom stereocenters. The van der Waals surface area contributed by atoms with Gasteiger partial charge in [0.15, 0.2) is 5.96 Å². The number of nitrogens with one attached hydrogen (secondary N) is 2. The summed E-state index contributed by atoms with van der Waals surface area (Å²) >= 11 is 0. The maximum Gasteiger partial charge on any atom is 0.230 e. The van der Waals surface area contributed by atoms with Crippen LogP contribution in [0.25, 0.3) is 22.2 Å². The van der Waals surface area contributed by atoms with Crippen molar-refractivity contribution in [2.45, 2.75) is 0 Å². The van der Waals surface area contributed by atoms with Gasteiger partial charge in [0.05, 0.1) is 16.6 Å². The summed E-state index contributed by atoms with van der Waals surface area (Å²) in [6.45, 7) is 0. The first-order valence-electron chi connectivity index (χ1n) is 6.31. The fourth-order valence-electron chi connectivity index (χ4n) is 2.15. The summed E-state index contributed by atoms with van der Waals surface area (Å²) in [5, 5.41) is 20.6. The zero-order valence-corrected chi connectivity index (χ0v) is 11.0. The van der Waals surface area contributed by atoms with Crippen LogP contribution in [0.1, 0.15) is 0 Å². The Morgan fingerprint density at radius 1 is 1.05 bits per heavy atom. The van der Waals surface area contributed by atoms with Gasteiger partial charge in [-0.25, -0.2) is 9.97 Å². The first kappa shape index (κ1) is 12.9. The number of nitrogens with zero attached hydrogens (tertiary/aromatic N) is 2. The first-order valence-corrected chi connectivity index (χ1v) is 6.31. The van der Waals surface area contributed by atoms with Crippen LogP contribution in [0.3, 0.4) is 0 Å². The molecule has 21 heavy (non-hydrogen) atoms. The predicted octanol–water partition coefficient (Wildman–Crippen LogP) is 2.31. The molecule has 0 amide bonds. The smallest absolute Gasteiger partial charge is 0.230 e. The van der Waals surface area contributed by atoms with Crippen LogP contribution in [0.5, 0.6) is 5.75 Å². The van der Waals surface area contributed by atoms with E-state index < -0.39 is 0 Å². The Morgan fingerprint density at radius 3 is 2.52 bits per heavy atom. The Bertz CT molecular complexity index is 817. The molecule has 0 spiro atoms. The number of aromatic nitrogens is 2. The minimum Gasteiger partial charge on any atom is -0.507 e. The number of aromatic hydroxyl groups is 1. The molecule has 0 bridgehead atoms. The van der Waals surface area contributed by atoms with E-state index in [1.807, 2.05) is 30.3 Å². The topological polar surface area (TPSA) is 108 Å². The molecule has 0 aliphatic rings. The van der Waals surface area contributed by atoms with Gasteiger partial charge in [0.1, 0.15) is 5.75 Å². The van der Waals surface area contributed by atoms with Gasteiger partial charge < -0.3 is 10.8 Å². The van der Waals surface area contributed by atoms with Crippen LogP contribution < -0.4 is 11.1 Å². The van der Waals surface area contributed by atoms with E-state index in [4.69, 9.17) is 11.1 Å². The minimum absolute atomic E-state index is 0.112. The van der Waals surface area contributed by atoms with E-state index in [-0.39, 0.29) is 17.7 Å². The molecule has 6 nitrogen and oxygen atoms in total. The standard InChI is InChI=1S/C15H13N5O/c16-14(17)20-15-18-10-7-4-8-11(21)12(10)13(19-15)9-5-2-1-3-6-9/h1-8,21H,(H4,16,17,18,19,20). The van der Waals surface area contributed by atoms with Gasteiger partial charge in [-0.05, 0) is 12.1 Å². The number of nitrogens with two attached hydrogens (primary N) is 1. The van der Waals surface area contributed by atoms with Gasteiger partial charge in [0, 0.05) is 5.56 Å². The van der Waals surface area contributed by atoms with Gasteiger partial charge in [-0.1, -0.05) is 36.4 Å². The quantitative estimate of drug-likeness (QED) is 0.425. The van der Waals surface area contributed by atoms with Gasteiger partial charge in [-0.3, -0.25) is 10.7 Å². The molecule has 1 heterocycles. The zero-order chi connectivity index (χ0) is 14.8. The summed E-state index contributed by atoms with van der Waals surface area (Å²) in [7, 11) is 0. The SMILES string of the molecule is N=C(N)Nc1nc(-c2ccccc2)c2c(O)cccc2n1. The summed E-state index contributed by atoms with van der Waals surface area (Å²) in [5.74, 6) is 0.0914. The molecule has 2 aromatic carbocycles. The third-order valence-electron chi connectivity index (χ3n) is 3.00. The van der Waals surface area contributed by atoms with Crippen molar-refractivity contribution >= 4 is 22.8 Å². The van der Waals surface area contributed by atoms with Crippen molar-refractivity contribution in [3.63, 3.8) is 0 Å². The van der Waals surface area contributed by atoms with Crippen LogP contribution >= 0.6 is 0 Å². The largest absolute Gasteiger partial charge is 0.507 e. The van der Waals surface area contributed by atoms with E-state index in [2.05, 4.69) is 15.3 Å². The average Bonchev–Trinajstić information content (AvgIpc) is 2.47. The van der Waals surface area contributed by atoms with Gasteiger partial charge in [0.2, 0.25) is 5.95 Å². The third-order valence-corrected chi connectivity index (χ3v) is 3.00. The fourth-order valence-corrected chi connectivity index (χ4v) is 2.15. The van der Waals surface area contributed by atoms with Crippen LogP contribution in [0.2, 0.25) is 0 Å². The maximum atomic E-state index is 10.1. The molecule has 3 rings (SSSR count). The Morgan fingerprint density at radius 2 is 1.81 bits per heavy atom. The molecule has 0 aliphatic heterocycles. The van der Waals surface area contributed by atoms with Crippen LogP contribution in [0.15, 0.2) is 48.5 Å². The van der Waals surface area contributed by atoms with Crippen molar-refractivity contribution < 1.29 is 5.11 Å². The number of hydrogen-bond donors (Lipinski definition) is 4. The van der Waals surface area contributed by atoms with E-state index in [1.165, 1.54) is 0 Å². The van der Waals surface area contributed by atoms with Crippen molar-refractivity contribution in [2.24, 2.45) is 5.73 Å². The average molecular weight is 279 g/mol. The van der Waals surface area contributed by atoms with Crippen LogP contribution in [-0.2, 0) is 0 Å². The van der Waals surface area contributed by atoms with E-state index in [1.54, 1.807) is 18.2 Å². The highest BCUT2D eigenvalue weighted by molar-refractivity contribution is 5.98. The molecule has 5 N–H and O–H groups in total. The molecule has 0 aliphatic carbocycles. The zero-order valence-electron chi connectivity index (χ0n) is 11.0. The highest BCUT2D eigenvalue weighted by atomic mass is 16.3. The molecule has 0 radical (unpaired) electrons. The van der Waals surface area contributed by atoms with Gasteiger partial charge in [0.25, 0.3) is 0 Å². The van der Waals surface area contributed by atoms with Crippen molar-refractivity contribution in [3.8, 4) is 17.0 Å². The molecule has 1 aromatic heterocycles. The van der Waals surface area contributed by atoms with Crippen LogP contribution in [0, 0.1) is 5.41 Å². The summed E-state index contributed by atoms with van der Waals surface area (Å²) in [4.78, 5) is 8.63. The van der Waals surface area contributed by atoms with E-state index in [0.717, 1.165) is 5.56 Å². The minimum atomic E-state index is -0.242. The third kappa shape index (κ3) is 2.46. The lowest BCUT2D eigenvalue weighted by Gasteiger charge is -2.10. The molecule has 6 heteroatoms. The number of phenols is 1. The predicted molar refractivity (Wildman–Crippen MR) is 82.2 cm³/mol. The molecule has 0 unspecified atom stereocenters. The van der Waals surface area contributed by atoms with E-state index in [9.17, 15) is 5.11 Å². The second-order valence-electron chi connectivity index (χ2n) is 4.47. The normalized spacial score (nSPS) is 10.5. The van der Waals surface area contributed by atoms with Gasteiger partial charge in [-0.15, -0.1) is 0 Å². The fraction of sp³-hybridized carbons (Fsp3) is 0. The molecule has 0 fully saturated rings. The number of hydrogen-bond acceptors (Lipinski definition) is 4. The second kappa shape index (κ2) is 5.09. The summed E-state index contributed by atoms with van der Waals surface area (Å²) in [6.07, 6.45) is 0. The summed E-state index contributed by atoms with van der Waals surface area (Å²) in [6, 6.07) is 14.5. The lowest BCUT2D eigenvalue weighted by atomic mass is 10.1. The summed E-state index contributed by atoms with van der Waals surface area (Å²) < 4.78 is 0. The molecule has 104 valence electrons. The molecule has 0 saturated carbocycles. The van der Waals surface area contributed by atoms with Crippen molar-refractivity contribution in [2.75, 3.05) is 5.32 Å². The number of fused-ring (bicyclic) bond motifs is 1. The Balaban J connectivity index is 2.31. The Labute approximate surface area is 120 Å². The Kier molecular flexibility index (Phi) is 3.12. The molecular formula is C15H13N5O. The monoisotopic (exact) mass is 279 g/mol. The number of anilines is 1. The number of guanidine groups is 1. The molecule has 3 aromatic rings. The van der Waals surface area contributed by atoms with E-state index in [0.29, 0.717) is 16.6 Å². The number of phenolic OH excluding ortho intramolecular Hbond substituents is 1. The highest BCUT2D eigenvalue weighted by Crippen LogP contribution is 2.33. The Hall–Kier alpha value is -3.15. The van der Waals surface area contributed by atoms with Gasteiger partial charge >= 0.3 is 0 Å². The van der Waals surface area contributed by atoms with Crippen molar-refractivity contribution in [1.82, 2.24) is 9.97 Å². The van der Waals surface area contributed by atoms with Crippen LogP contribution in [0.4, 0.5) is 5.95 Å². The lowest BCUT2D eigenvalue weighted by molar-refractivity contribution is 0.481.